The number of hydrogen-bond acceptors (Lipinski definition) is 4. The van der Waals surface area contributed by atoms with Gasteiger partial charge in [-0.3, -0.25) is 9.48 Å². The van der Waals surface area contributed by atoms with Crippen LogP contribution >= 0.6 is 23.2 Å². The summed E-state index contributed by atoms with van der Waals surface area (Å²) in [5.41, 5.74) is 3.14. The van der Waals surface area contributed by atoms with Crippen molar-refractivity contribution in [2.75, 3.05) is 7.05 Å². The van der Waals surface area contributed by atoms with Crippen molar-refractivity contribution < 1.29 is 4.79 Å². The number of aromatic nitrogens is 5. The van der Waals surface area contributed by atoms with Gasteiger partial charge < -0.3 is 4.90 Å². The molecule has 0 aliphatic rings. The van der Waals surface area contributed by atoms with Gasteiger partial charge in [-0.25, -0.2) is 9.67 Å². The van der Waals surface area contributed by atoms with Crippen molar-refractivity contribution in [1.29, 1.82) is 0 Å². The van der Waals surface area contributed by atoms with E-state index >= 15 is 0 Å². The predicted molar refractivity (Wildman–Crippen MR) is 116 cm³/mol. The lowest BCUT2D eigenvalue weighted by Crippen LogP contribution is -2.27. The van der Waals surface area contributed by atoms with Crippen molar-refractivity contribution >= 4 is 40.1 Å². The molecule has 0 aliphatic carbocycles. The summed E-state index contributed by atoms with van der Waals surface area (Å²) in [5, 5.41) is 10.6. The van der Waals surface area contributed by atoms with Crippen molar-refractivity contribution in [3.05, 3.63) is 38.9 Å². The molecule has 0 atom stereocenters. The highest BCUT2D eigenvalue weighted by Crippen LogP contribution is 2.31. The summed E-state index contributed by atoms with van der Waals surface area (Å²) in [5.74, 6) is -0.203. The number of unbranched alkanes of at least 4 members (excludes halogenated alkanes) is 1. The molecule has 29 heavy (non-hydrogen) atoms. The van der Waals surface area contributed by atoms with E-state index in [4.69, 9.17) is 23.2 Å². The zero-order chi connectivity index (χ0) is 21.3. The highest BCUT2D eigenvalue weighted by molar-refractivity contribution is 6.36. The molecule has 0 aromatic carbocycles. The van der Waals surface area contributed by atoms with E-state index in [1.807, 2.05) is 25.5 Å². The third kappa shape index (κ3) is 4.12. The maximum atomic E-state index is 13.4. The molecule has 9 heteroatoms. The molecule has 0 spiro atoms. The molecule has 0 aliphatic heterocycles. The number of hydrogen-bond donors (Lipinski definition) is 0. The Morgan fingerprint density at radius 2 is 1.90 bits per heavy atom. The lowest BCUT2D eigenvalue weighted by molar-refractivity contribution is 0.0785. The molecule has 3 aromatic rings. The van der Waals surface area contributed by atoms with Gasteiger partial charge in [0.1, 0.15) is 5.69 Å². The standard InChI is InChI=1S/C20H26Cl2N6O/c1-6-8-9-28-19-16(12(3)24-28)17(18(22)13(4)23-19)20(29)26(5)11-15-14(21)10-27(7-2)25-15/h10H,6-9,11H2,1-5H3. The molecular weight excluding hydrogens is 411 g/mol. The topological polar surface area (TPSA) is 68.8 Å². The molecule has 1 amide bonds. The summed E-state index contributed by atoms with van der Waals surface area (Å²) < 4.78 is 3.62. The number of rotatable bonds is 7. The van der Waals surface area contributed by atoms with Crippen LogP contribution in [0.25, 0.3) is 11.0 Å². The lowest BCUT2D eigenvalue weighted by atomic mass is 10.1. The van der Waals surface area contributed by atoms with Crippen LogP contribution in [0, 0.1) is 13.8 Å². The average Bonchev–Trinajstić information content (AvgIpc) is 3.20. The highest BCUT2D eigenvalue weighted by atomic mass is 35.5. The second kappa shape index (κ2) is 8.71. The third-order valence-corrected chi connectivity index (χ3v) is 5.72. The van der Waals surface area contributed by atoms with Crippen LogP contribution in [0.5, 0.6) is 0 Å². The van der Waals surface area contributed by atoms with Gasteiger partial charge >= 0.3 is 0 Å². The highest BCUT2D eigenvalue weighted by Gasteiger charge is 2.26. The van der Waals surface area contributed by atoms with Gasteiger partial charge in [0.25, 0.3) is 5.91 Å². The number of halogens is 2. The van der Waals surface area contributed by atoms with Crippen LogP contribution in [-0.2, 0) is 19.6 Å². The van der Waals surface area contributed by atoms with Crippen LogP contribution in [0.15, 0.2) is 6.20 Å². The van der Waals surface area contributed by atoms with E-state index < -0.39 is 0 Å². The molecule has 7 nitrogen and oxygen atoms in total. The van der Waals surface area contributed by atoms with Crippen LogP contribution < -0.4 is 0 Å². The SMILES string of the molecule is CCCCn1nc(C)c2c(C(=O)N(C)Cc3nn(CC)cc3Cl)c(Cl)c(C)nc21. The van der Waals surface area contributed by atoms with Crippen LogP contribution in [0.4, 0.5) is 0 Å². The van der Waals surface area contributed by atoms with Gasteiger partial charge in [-0.15, -0.1) is 0 Å². The van der Waals surface area contributed by atoms with E-state index in [1.54, 1.807) is 22.8 Å². The zero-order valence-electron chi connectivity index (χ0n) is 17.5. The molecular formula is C20H26Cl2N6O. The molecule has 3 aromatic heterocycles. The van der Waals surface area contributed by atoms with E-state index in [2.05, 4.69) is 22.1 Å². The first-order valence-corrected chi connectivity index (χ1v) is 10.5. The Balaban J connectivity index is 2.03. The molecule has 156 valence electrons. The van der Waals surface area contributed by atoms with Crippen LogP contribution in [0.1, 0.15) is 54.1 Å². The number of amides is 1. The molecule has 0 N–H and O–H groups in total. The maximum Gasteiger partial charge on any atom is 0.256 e. The number of carbonyl (C=O) groups is 1. The van der Waals surface area contributed by atoms with Crippen molar-refractivity contribution in [2.45, 2.75) is 60.2 Å². The second-order valence-electron chi connectivity index (χ2n) is 7.19. The van der Waals surface area contributed by atoms with Crippen LogP contribution in [-0.4, -0.2) is 42.4 Å². The molecule has 0 unspecified atom stereocenters. The number of fused-ring (bicyclic) bond motifs is 1. The minimum Gasteiger partial charge on any atom is -0.336 e. The predicted octanol–water partition coefficient (Wildman–Crippen LogP) is 4.64. The Labute approximate surface area is 180 Å². The van der Waals surface area contributed by atoms with Gasteiger partial charge in [0, 0.05) is 26.3 Å². The van der Waals surface area contributed by atoms with E-state index in [-0.39, 0.29) is 12.5 Å². The number of aryl methyl sites for hydroxylation is 4. The van der Waals surface area contributed by atoms with Gasteiger partial charge in [0.15, 0.2) is 5.65 Å². The Morgan fingerprint density at radius 1 is 1.17 bits per heavy atom. The molecule has 3 rings (SSSR count). The minimum atomic E-state index is -0.203. The maximum absolute atomic E-state index is 13.4. The fraction of sp³-hybridized carbons (Fsp3) is 0.500. The molecule has 3 heterocycles. The van der Waals surface area contributed by atoms with E-state index in [0.29, 0.717) is 44.6 Å². The Hall–Kier alpha value is -2.12. The van der Waals surface area contributed by atoms with Crippen molar-refractivity contribution in [3.63, 3.8) is 0 Å². The molecule has 0 fully saturated rings. The van der Waals surface area contributed by atoms with E-state index in [0.717, 1.165) is 25.1 Å². The Kier molecular flexibility index (Phi) is 6.49. The molecule has 0 saturated carbocycles. The summed E-state index contributed by atoms with van der Waals surface area (Å²) in [6.07, 6.45) is 3.80. The monoisotopic (exact) mass is 436 g/mol. The van der Waals surface area contributed by atoms with Gasteiger partial charge in [0.05, 0.1) is 38.9 Å². The van der Waals surface area contributed by atoms with Gasteiger partial charge in [-0.2, -0.15) is 10.2 Å². The fourth-order valence-corrected chi connectivity index (χ4v) is 3.76. The number of pyridine rings is 1. The summed E-state index contributed by atoms with van der Waals surface area (Å²) in [7, 11) is 1.72. The van der Waals surface area contributed by atoms with E-state index in [9.17, 15) is 4.79 Å². The van der Waals surface area contributed by atoms with Gasteiger partial charge in [0.2, 0.25) is 0 Å². The van der Waals surface area contributed by atoms with Gasteiger partial charge in [-0.05, 0) is 27.2 Å². The van der Waals surface area contributed by atoms with Crippen LogP contribution in [0.3, 0.4) is 0 Å². The summed E-state index contributed by atoms with van der Waals surface area (Å²) in [4.78, 5) is 19.6. The molecule has 0 radical (unpaired) electrons. The first kappa shape index (κ1) is 21.6. The van der Waals surface area contributed by atoms with Crippen LogP contribution in [0.2, 0.25) is 10.0 Å². The number of carbonyl (C=O) groups excluding carboxylic acids is 1. The minimum absolute atomic E-state index is 0.203. The quantitative estimate of drug-likeness (QED) is 0.540. The first-order valence-electron chi connectivity index (χ1n) is 9.78. The zero-order valence-corrected chi connectivity index (χ0v) is 19.0. The van der Waals surface area contributed by atoms with E-state index in [1.165, 1.54) is 0 Å². The second-order valence-corrected chi connectivity index (χ2v) is 7.97. The van der Waals surface area contributed by atoms with Gasteiger partial charge in [-0.1, -0.05) is 36.5 Å². The summed E-state index contributed by atoms with van der Waals surface area (Å²) >= 11 is 12.8. The third-order valence-electron chi connectivity index (χ3n) is 4.94. The summed E-state index contributed by atoms with van der Waals surface area (Å²) in [6, 6.07) is 0. The Morgan fingerprint density at radius 3 is 2.52 bits per heavy atom. The average molecular weight is 437 g/mol. The molecule has 0 saturated heterocycles. The first-order chi connectivity index (χ1) is 13.8. The largest absolute Gasteiger partial charge is 0.336 e. The fourth-order valence-electron chi connectivity index (χ4n) is 3.33. The van der Waals surface area contributed by atoms with Crippen molar-refractivity contribution in [3.8, 4) is 0 Å². The number of nitrogens with zero attached hydrogens (tertiary/aromatic N) is 6. The summed E-state index contributed by atoms with van der Waals surface area (Å²) in [6.45, 7) is 9.55. The smallest absolute Gasteiger partial charge is 0.256 e. The molecule has 0 bridgehead atoms. The van der Waals surface area contributed by atoms with Crippen molar-refractivity contribution in [2.24, 2.45) is 0 Å². The lowest BCUT2D eigenvalue weighted by Gasteiger charge is -2.18. The van der Waals surface area contributed by atoms with Crippen molar-refractivity contribution in [1.82, 2.24) is 29.4 Å². The Bertz CT molecular complexity index is 1060. The normalized spacial score (nSPS) is 11.4.